The molecule has 3 nitrogen and oxygen atoms in total. The van der Waals surface area contributed by atoms with E-state index in [1.165, 1.54) is 22.9 Å². The van der Waals surface area contributed by atoms with Crippen LogP contribution < -0.4 is 0 Å². The Balaban J connectivity index is 1.21. The number of phenolic OH excluding ortho intramolecular Hbond substituents is 1. The summed E-state index contributed by atoms with van der Waals surface area (Å²) in [5.74, 6) is -0.585. The molecule has 0 amide bonds. The molecule has 246 valence electrons. The fourth-order valence-electron chi connectivity index (χ4n) is 9.09. The van der Waals surface area contributed by atoms with Gasteiger partial charge in [-0.05, 0) is 148 Å². The molecule has 0 heterocycles. The summed E-state index contributed by atoms with van der Waals surface area (Å²) in [5, 5.41) is 21.7. The maximum Gasteiger partial charge on any atom is 0.453 e. The highest BCUT2D eigenvalue weighted by Gasteiger charge is 2.63. The van der Waals surface area contributed by atoms with Gasteiger partial charge in [-0.25, -0.2) is 0 Å². The second-order valence-corrected chi connectivity index (χ2v) is 15.6. The molecular weight excluding hydrogens is 581 g/mol. The van der Waals surface area contributed by atoms with E-state index in [1.807, 2.05) is 12.1 Å². The Bertz CT molecular complexity index is 1070. The van der Waals surface area contributed by atoms with E-state index in [4.69, 9.17) is 0 Å². The first kappa shape index (κ1) is 34.8. The van der Waals surface area contributed by atoms with Gasteiger partial charge in [0.1, 0.15) is 5.75 Å². The SMILES string of the molecule is C[C@@H]1C[C@](C)(O)[C@@]2(C)CC[C@@H]3c4ccc(O)cc4C[C@@H](CCCCCN(C)CCCSCCCC(F)(F)C(F)(F)F)[C@H]3[C@H]12. The van der Waals surface area contributed by atoms with Crippen LogP contribution in [0.1, 0.15) is 102 Å². The van der Waals surface area contributed by atoms with Crippen molar-refractivity contribution < 1.29 is 32.2 Å². The van der Waals surface area contributed by atoms with Gasteiger partial charge in [-0.1, -0.05) is 32.8 Å². The Hall–Kier alpha value is -1.06. The minimum atomic E-state index is -5.46. The van der Waals surface area contributed by atoms with Gasteiger partial charge in [0.2, 0.25) is 0 Å². The second-order valence-electron chi connectivity index (χ2n) is 14.4. The lowest BCUT2D eigenvalue weighted by molar-refractivity contribution is -0.284. The monoisotopic (exact) mass is 633 g/mol. The Morgan fingerprint density at radius 3 is 2.42 bits per heavy atom. The van der Waals surface area contributed by atoms with Crippen molar-refractivity contribution in [3.05, 3.63) is 29.3 Å². The molecule has 3 aliphatic rings. The number of benzene rings is 1. The molecule has 0 aromatic heterocycles. The van der Waals surface area contributed by atoms with Crippen LogP contribution >= 0.6 is 11.8 Å². The first-order valence-electron chi connectivity index (χ1n) is 16.3. The smallest absolute Gasteiger partial charge is 0.453 e. The summed E-state index contributed by atoms with van der Waals surface area (Å²) in [6, 6.07) is 5.97. The number of thioether (sulfide) groups is 1. The molecule has 4 rings (SSSR count). The van der Waals surface area contributed by atoms with E-state index in [-0.39, 0.29) is 11.8 Å². The van der Waals surface area contributed by atoms with Crippen LogP contribution in [-0.2, 0) is 6.42 Å². The van der Waals surface area contributed by atoms with Gasteiger partial charge < -0.3 is 15.1 Å². The third kappa shape index (κ3) is 7.67. The summed E-state index contributed by atoms with van der Waals surface area (Å²) >= 11 is 1.45. The lowest BCUT2D eigenvalue weighted by Gasteiger charge is -2.55. The number of nitrogens with zero attached hydrogens (tertiary/aromatic N) is 1. The Morgan fingerprint density at radius 1 is 1.00 bits per heavy atom. The molecule has 1 aromatic rings. The van der Waals surface area contributed by atoms with Gasteiger partial charge in [0, 0.05) is 6.42 Å². The third-order valence-electron chi connectivity index (χ3n) is 11.3. The molecule has 2 saturated carbocycles. The third-order valence-corrected chi connectivity index (χ3v) is 12.5. The molecule has 0 spiro atoms. The van der Waals surface area contributed by atoms with Gasteiger partial charge in [0.25, 0.3) is 0 Å². The summed E-state index contributed by atoms with van der Waals surface area (Å²) in [6.45, 7) is 8.61. The zero-order chi connectivity index (χ0) is 31.6. The van der Waals surface area contributed by atoms with Crippen LogP contribution in [0.2, 0.25) is 0 Å². The van der Waals surface area contributed by atoms with Gasteiger partial charge >= 0.3 is 12.1 Å². The lowest BCUT2D eigenvalue weighted by atomic mass is 9.49. The summed E-state index contributed by atoms with van der Waals surface area (Å²) < 4.78 is 62.7. The molecular formula is C34H52F5NO2S. The van der Waals surface area contributed by atoms with Crippen molar-refractivity contribution >= 4 is 11.8 Å². The minimum absolute atomic E-state index is 0.0601. The predicted molar refractivity (Wildman–Crippen MR) is 165 cm³/mol. The van der Waals surface area contributed by atoms with Crippen LogP contribution in [0.15, 0.2) is 18.2 Å². The van der Waals surface area contributed by atoms with Gasteiger partial charge in [-0.3, -0.25) is 0 Å². The van der Waals surface area contributed by atoms with E-state index in [9.17, 15) is 32.2 Å². The van der Waals surface area contributed by atoms with E-state index in [1.54, 1.807) is 0 Å². The highest BCUT2D eigenvalue weighted by molar-refractivity contribution is 7.99. The molecule has 0 unspecified atom stereocenters. The van der Waals surface area contributed by atoms with E-state index >= 15 is 0 Å². The van der Waals surface area contributed by atoms with Crippen LogP contribution in [0.3, 0.4) is 0 Å². The molecule has 2 N–H and O–H groups in total. The summed E-state index contributed by atoms with van der Waals surface area (Å²) in [7, 11) is 2.08. The van der Waals surface area contributed by atoms with Crippen LogP contribution in [0.25, 0.3) is 0 Å². The van der Waals surface area contributed by atoms with E-state index < -0.39 is 24.1 Å². The number of rotatable bonds is 14. The summed E-state index contributed by atoms with van der Waals surface area (Å²) in [5.41, 5.74) is 2.03. The zero-order valence-corrected chi connectivity index (χ0v) is 27.2. The highest BCUT2D eigenvalue weighted by atomic mass is 32.2. The van der Waals surface area contributed by atoms with Crippen molar-refractivity contribution in [3.8, 4) is 5.75 Å². The number of hydrogen-bond donors (Lipinski definition) is 2. The van der Waals surface area contributed by atoms with Crippen LogP contribution in [0.4, 0.5) is 22.0 Å². The molecule has 0 aliphatic heterocycles. The Labute approximate surface area is 259 Å². The number of aromatic hydroxyl groups is 1. The molecule has 7 atom stereocenters. The predicted octanol–water partition coefficient (Wildman–Crippen LogP) is 9.06. The molecule has 0 radical (unpaired) electrons. The molecule has 1 aromatic carbocycles. The highest BCUT2D eigenvalue weighted by Crippen LogP contribution is 2.67. The van der Waals surface area contributed by atoms with Crippen molar-refractivity contribution in [2.75, 3.05) is 31.6 Å². The normalized spacial score (nSPS) is 32.5. The van der Waals surface area contributed by atoms with E-state index in [0.29, 0.717) is 41.1 Å². The fraction of sp³-hybridized carbons (Fsp3) is 0.824. The number of halogens is 5. The fourth-order valence-corrected chi connectivity index (χ4v) is 9.98. The van der Waals surface area contributed by atoms with Crippen molar-refractivity contribution in [2.24, 2.45) is 29.1 Å². The minimum Gasteiger partial charge on any atom is -0.508 e. The van der Waals surface area contributed by atoms with Crippen molar-refractivity contribution in [1.82, 2.24) is 4.90 Å². The zero-order valence-electron chi connectivity index (χ0n) is 26.4. The molecule has 3 aliphatic carbocycles. The summed E-state index contributed by atoms with van der Waals surface area (Å²) in [4.78, 5) is 2.28. The van der Waals surface area contributed by atoms with Crippen LogP contribution in [0, 0.1) is 29.1 Å². The van der Waals surface area contributed by atoms with Crippen molar-refractivity contribution in [1.29, 1.82) is 0 Å². The van der Waals surface area contributed by atoms with E-state index in [0.717, 1.165) is 76.6 Å². The van der Waals surface area contributed by atoms with Crippen molar-refractivity contribution in [3.63, 3.8) is 0 Å². The molecule has 43 heavy (non-hydrogen) atoms. The number of fused-ring (bicyclic) bond motifs is 5. The standard InChI is InChI=1S/C34H52F5NO2S/c1-23-22-32(3,42)31(2)15-13-28-27-12-11-26(41)21-25(27)20-24(29(28)30(23)31)10-6-5-7-16-40(4)17-9-19-43-18-8-14-33(35,36)34(37,38)39/h11-12,21,23-24,28-30,41-42H,5-10,13-20,22H2,1-4H3/t23-,24-,28-,29-,30+,31+,32+/m1/s1. The first-order chi connectivity index (χ1) is 20.1. The maximum absolute atomic E-state index is 13.0. The van der Waals surface area contributed by atoms with Gasteiger partial charge in [0.05, 0.1) is 5.60 Å². The molecule has 9 heteroatoms. The average Bonchev–Trinajstić information content (AvgIpc) is 3.09. The quantitative estimate of drug-likeness (QED) is 0.159. The van der Waals surface area contributed by atoms with Crippen LogP contribution in [-0.4, -0.2) is 64.5 Å². The topological polar surface area (TPSA) is 43.7 Å². The van der Waals surface area contributed by atoms with Gasteiger partial charge in [-0.15, -0.1) is 0 Å². The number of hydrogen-bond acceptors (Lipinski definition) is 4. The number of phenols is 1. The molecule has 0 bridgehead atoms. The van der Waals surface area contributed by atoms with Crippen LogP contribution in [0.5, 0.6) is 5.75 Å². The van der Waals surface area contributed by atoms with Gasteiger partial charge in [0.15, 0.2) is 0 Å². The van der Waals surface area contributed by atoms with Crippen molar-refractivity contribution in [2.45, 2.75) is 115 Å². The second kappa shape index (κ2) is 13.7. The summed E-state index contributed by atoms with van der Waals surface area (Å²) in [6.07, 6.45) is 2.71. The number of unbranched alkanes of at least 4 members (excludes halogenated alkanes) is 2. The largest absolute Gasteiger partial charge is 0.508 e. The maximum atomic E-state index is 13.0. The lowest BCUT2D eigenvalue weighted by Crippen LogP contribution is -2.51. The Kier molecular flexibility index (Phi) is 11.1. The Morgan fingerprint density at radius 2 is 1.70 bits per heavy atom. The van der Waals surface area contributed by atoms with Gasteiger partial charge in [-0.2, -0.15) is 33.7 Å². The first-order valence-corrected chi connectivity index (χ1v) is 17.5. The van der Waals surface area contributed by atoms with E-state index in [2.05, 4.69) is 38.8 Å². The molecule has 0 saturated heterocycles. The average molecular weight is 634 g/mol. The molecule has 2 fully saturated rings. The number of aliphatic hydroxyl groups is 1. The number of alkyl halides is 5.